The second kappa shape index (κ2) is 26.6. The average molecular weight is 1330 g/mol. The zero-order valence-corrected chi connectivity index (χ0v) is 62.8. The Hall–Kier alpha value is -4.82. The van der Waals surface area contributed by atoms with E-state index < -0.39 is 42.6 Å². The minimum absolute atomic E-state index is 0.0248. The third kappa shape index (κ3) is 16.9. The lowest BCUT2D eigenvalue weighted by atomic mass is 9.70. The van der Waals surface area contributed by atoms with Crippen LogP contribution < -0.4 is 0 Å². The molecule has 4 saturated carbocycles. The molecule has 0 N–H and O–H groups in total. The molecule has 4 aliphatic rings. The van der Waals surface area contributed by atoms with Crippen LogP contribution >= 0.6 is 0 Å². The molecule has 4 unspecified atom stereocenters. The van der Waals surface area contributed by atoms with Crippen LogP contribution in [0.25, 0.3) is 0 Å². The van der Waals surface area contributed by atoms with Crippen molar-refractivity contribution in [2.45, 2.75) is 253 Å². The molecule has 0 aliphatic heterocycles. The van der Waals surface area contributed by atoms with Crippen LogP contribution in [-0.2, 0) is 84.1 Å². The predicted octanol–water partition coefficient (Wildman–Crippen LogP) is 19.2. The van der Waals surface area contributed by atoms with Gasteiger partial charge in [-0.05, 0) is 187 Å². The van der Waals surface area contributed by atoms with E-state index in [0.29, 0.717) is 25.7 Å². The number of fused-ring (bicyclic) bond motifs is 4. The van der Waals surface area contributed by atoms with Gasteiger partial charge >= 0.3 is 0 Å². The molecule has 4 bridgehead atoms. The van der Waals surface area contributed by atoms with Crippen molar-refractivity contribution in [2.24, 2.45) is 33.5 Å². The number of hydrogen-bond acceptors (Lipinski definition) is 8. The molecule has 92 heavy (non-hydrogen) atoms. The largest absolute Gasteiger partial charge is 0.748 e. The van der Waals surface area contributed by atoms with E-state index in [2.05, 4.69) is 270 Å². The molecule has 0 heterocycles. The minimum atomic E-state index is -4.33. The molecule has 8 nitrogen and oxygen atoms in total. The standard InChI is InChI=1S/2C30H39S.2C10H16O4S/c2*1-28(2,3)22-10-16-25(17-11-22)31(26-18-12-23(13-19-26)29(4,5)6)27-20-14-24(15-21-27)30(7,8)9;2*1-9(2)7-3-4-10(9,8(11)5-7)6-15(12,13)14/h2*10-21H,1-9H3;2*7H,3-6H2,1-2H3,(H,12,13,14)/q2*+1;;/p-2. The molecule has 4 aliphatic carbocycles. The lowest BCUT2D eigenvalue weighted by Gasteiger charge is -2.37. The SMILES string of the molecule is CC(C)(C)c1ccc([S+](c2ccc(C(C)(C)C)cc2)c2ccc(C(C)(C)C)cc2)cc1.CC(C)(C)c1ccc([S+](c2ccc(C(C)(C)C)cc2)c2ccc(C(C)(C)C)cc2)cc1.CC1(C)C2CCC1(CS(=O)(=O)[O-])C(=O)C2.CC1(C)C2CCC1(CS(=O)(=O)[O-])C(=O)C2. The van der Waals surface area contributed by atoms with Crippen molar-refractivity contribution in [2.75, 3.05) is 11.5 Å². The maximum atomic E-state index is 11.8. The zero-order valence-electron chi connectivity index (χ0n) is 59.6. The Kier molecular flexibility index (Phi) is 21.6. The lowest BCUT2D eigenvalue weighted by Crippen LogP contribution is -2.42. The summed E-state index contributed by atoms with van der Waals surface area (Å²) in [6.07, 6.45) is 3.75. The lowest BCUT2D eigenvalue weighted by molar-refractivity contribution is -0.128. The van der Waals surface area contributed by atoms with Crippen molar-refractivity contribution < 1.29 is 35.5 Å². The highest BCUT2D eigenvalue weighted by molar-refractivity contribution is 7.97. The third-order valence-corrected chi connectivity index (χ3v) is 27.0. The number of ketones is 2. The topological polar surface area (TPSA) is 149 Å². The molecule has 6 aromatic rings. The first-order valence-electron chi connectivity index (χ1n) is 33.0. The summed E-state index contributed by atoms with van der Waals surface area (Å²) in [7, 11) is -8.89. The summed E-state index contributed by atoms with van der Waals surface area (Å²) in [6, 6.07) is 55.7. The van der Waals surface area contributed by atoms with Gasteiger partial charge in [0.15, 0.2) is 29.4 Å². The summed E-state index contributed by atoms with van der Waals surface area (Å²) in [5.74, 6) is -0.560. The number of Topliss-reactive ketones (excluding diaryl/α,β-unsaturated/α-hetero) is 2. The summed E-state index contributed by atoms with van der Waals surface area (Å²) in [5, 5.41) is 0. The van der Waals surface area contributed by atoms with Crippen molar-refractivity contribution in [3.8, 4) is 0 Å². The quantitative estimate of drug-likeness (QED) is 0.0972. The van der Waals surface area contributed by atoms with Gasteiger partial charge in [0.05, 0.1) is 53.5 Å². The van der Waals surface area contributed by atoms with Crippen LogP contribution in [0.5, 0.6) is 0 Å². The highest BCUT2D eigenvalue weighted by atomic mass is 32.2. The Bertz CT molecular complexity index is 3240. The molecular weight excluding hydrogens is 1220 g/mol. The van der Waals surface area contributed by atoms with Crippen molar-refractivity contribution in [3.05, 3.63) is 179 Å². The molecule has 12 heteroatoms. The van der Waals surface area contributed by atoms with Gasteiger partial charge in [-0.2, -0.15) is 0 Å². The monoisotopic (exact) mass is 1320 g/mol. The van der Waals surface area contributed by atoms with E-state index in [1.54, 1.807) is 0 Å². The average Bonchev–Trinajstić information content (AvgIpc) is 1.56. The number of hydrogen-bond donors (Lipinski definition) is 0. The van der Waals surface area contributed by atoms with Gasteiger partial charge in [-0.15, -0.1) is 0 Å². The van der Waals surface area contributed by atoms with Crippen LogP contribution in [0, 0.1) is 33.5 Å². The first-order chi connectivity index (χ1) is 41.9. The van der Waals surface area contributed by atoms with E-state index >= 15 is 0 Å². The van der Waals surface area contributed by atoms with Gasteiger partial charge in [0.25, 0.3) is 0 Å². The Balaban J connectivity index is 0.000000183. The Morgan fingerprint density at radius 2 is 0.500 bits per heavy atom. The molecule has 0 aromatic heterocycles. The summed E-state index contributed by atoms with van der Waals surface area (Å²) in [4.78, 5) is 31.9. The van der Waals surface area contributed by atoms with Gasteiger partial charge in [0.2, 0.25) is 0 Å². The molecule has 0 radical (unpaired) electrons. The van der Waals surface area contributed by atoms with E-state index in [1.165, 1.54) is 62.8 Å². The Morgan fingerprint density at radius 1 is 0.337 bits per heavy atom. The fourth-order valence-corrected chi connectivity index (χ4v) is 20.8. The van der Waals surface area contributed by atoms with Gasteiger partial charge in [-0.1, -0.05) is 225 Å². The Labute approximate surface area is 562 Å². The molecular formula is C80H108O8S4. The first kappa shape index (κ1) is 74.6. The van der Waals surface area contributed by atoms with Crippen LogP contribution in [0.2, 0.25) is 0 Å². The van der Waals surface area contributed by atoms with Gasteiger partial charge in [0.1, 0.15) is 11.6 Å². The molecule has 4 atom stereocenters. The van der Waals surface area contributed by atoms with Crippen molar-refractivity contribution in [3.63, 3.8) is 0 Å². The van der Waals surface area contributed by atoms with E-state index in [-0.39, 0.29) is 88.5 Å². The number of carbonyl (C=O) groups excluding carboxylic acids is 2. The fourth-order valence-electron chi connectivity index (χ4n) is 14.2. The predicted molar refractivity (Wildman–Crippen MR) is 381 cm³/mol. The zero-order chi connectivity index (χ0) is 69.0. The smallest absolute Gasteiger partial charge is 0.166 e. The summed E-state index contributed by atoms with van der Waals surface area (Å²) < 4.78 is 65.4. The molecule has 0 spiro atoms. The maximum absolute atomic E-state index is 11.8. The second-order valence-electron chi connectivity index (χ2n) is 34.0. The van der Waals surface area contributed by atoms with Gasteiger partial charge in [-0.25, -0.2) is 16.8 Å². The summed E-state index contributed by atoms with van der Waals surface area (Å²) in [5.41, 5.74) is 6.84. The van der Waals surface area contributed by atoms with Crippen LogP contribution in [0.4, 0.5) is 0 Å². The third-order valence-electron chi connectivity index (χ3n) is 20.9. The number of rotatable bonds is 10. The van der Waals surface area contributed by atoms with Crippen LogP contribution in [0.3, 0.4) is 0 Å². The molecule has 6 aromatic carbocycles. The summed E-state index contributed by atoms with van der Waals surface area (Å²) >= 11 is 0. The normalized spacial score (nSPS) is 21.3. The maximum Gasteiger partial charge on any atom is 0.166 e. The van der Waals surface area contributed by atoms with Gasteiger partial charge in [0, 0.05) is 23.7 Å². The second-order valence-corrected chi connectivity index (χ2v) is 40.9. The number of carbonyl (C=O) groups is 2. The van der Waals surface area contributed by atoms with Crippen molar-refractivity contribution in [1.82, 2.24) is 0 Å². The molecule has 4 fully saturated rings. The first-order valence-corrected chi connectivity index (χ1v) is 38.6. The minimum Gasteiger partial charge on any atom is -0.748 e. The highest BCUT2D eigenvalue weighted by Gasteiger charge is 2.65. The Morgan fingerprint density at radius 3 is 0.609 bits per heavy atom. The molecule has 0 amide bonds. The highest BCUT2D eigenvalue weighted by Crippen LogP contribution is 2.65. The van der Waals surface area contributed by atoms with Crippen LogP contribution in [0.1, 0.15) is 224 Å². The van der Waals surface area contributed by atoms with E-state index in [0.717, 1.165) is 12.8 Å². The van der Waals surface area contributed by atoms with Crippen LogP contribution in [0.15, 0.2) is 175 Å². The van der Waals surface area contributed by atoms with Gasteiger partial charge in [-0.3, -0.25) is 9.59 Å². The van der Waals surface area contributed by atoms with Crippen LogP contribution in [-0.4, -0.2) is 49.0 Å². The van der Waals surface area contributed by atoms with Gasteiger partial charge < -0.3 is 9.11 Å². The fraction of sp³-hybridized carbons (Fsp3) is 0.525. The van der Waals surface area contributed by atoms with E-state index in [4.69, 9.17) is 0 Å². The van der Waals surface area contributed by atoms with Crippen molar-refractivity contribution >= 4 is 53.6 Å². The summed E-state index contributed by atoms with van der Waals surface area (Å²) in [6.45, 7) is 48.6. The van der Waals surface area contributed by atoms with Crippen molar-refractivity contribution in [1.29, 1.82) is 0 Å². The number of benzene rings is 6. The van der Waals surface area contributed by atoms with E-state index in [1.807, 2.05) is 27.7 Å². The molecule has 10 rings (SSSR count). The molecule has 0 saturated heterocycles. The molecule has 500 valence electrons. The van der Waals surface area contributed by atoms with E-state index in [9.17, 15) is 35.5 Å².